The number of hydrogen-bond donors (Lipinski definition) is 0. The van der Waals surface area contributed by atoms with E-state index in [0.29, 0.717) is 10.8 Å². The first-order valence-corrected chi connectivity index (χ1v) is 8.08. The van der Waals surface area contributed by atoms with Crippen molar-refractivity contribution in [2.45, 2.75) is 78.1 Å². The van der Waals surface area contributed by atoms with Crippen LogP contribution in [0.5, 0.6) is 0 Å². The van der Waals surface area contributed by atoms with Crippen molar-refractivity contribution < 1.29 is 0 Å². The van der Waals surface area contributed by atoms with Gasteiger partial charge in [-0.1, -0.05) is 51.7 Å². The van der Waals surface area contributed by atoms with Crippen LogP contribution in [0.15, 0.2) is 23.3 Å². The molecule has 2 atom stereocenters. The van der Waals surface area contributed by atoms with E-state index < -0.39 is 0 Å². The third-order valence-electron chi connectivity index (χ3n) is 6.08. The van der Waals surface area contributed by atoms with Crippen molar-refractivity contribution in [1.29, 1.82) is 0 Å². The van der Waals surface area contributed by atoms with Crippen molar-refractivity contribution in [3.8, 4) is 0 Å². The highest BCUT2D eigenvalue weighted by atomic mass is 14.6. The fourth-order valence-electron chi connectivity index (χ4n) is 4.49. The molecule has 0 aromatic carbocycles. The van der Waals surface area contributed by atoms with E-state index >= 15 is 0 Å². The van der Waals surface area contributed by atoms with Gasteiger partial charge in [0.15, 0.2) is 0 Å². The first-order valence-electron chi connectivity index (χ1n) is 8.08. The van der Waals surface area contributed by atoms with Gasteiger partial charge in [0.1, 0.15) is 0 Å². The Kier molecular flexibility index (Phi) is 3.16. The zero-order chi connectivity index (χ0) is 12.6. The smallest absolute Gasteiger partial charge is 0.00128 e. The van der Waals surface area contributed by atoms with Gasteiger partial charge in [-0.3, -0.25) is 0 Å². The van der Waals surface area contributed by atoms with Crippen LogP contribution in [0.3, 0.4) is 0 Å². The zero-order valence-corrected chi connectivity index (χ0v) is 12.2. The average molecular weight is 244 g/mol. The summed E-state index contributed by atoms with van der Waals surface area (Å²) in [4.78, 5) is 0. The fourth-order valence-corrected chi connectivity index (χ4v) is 4.49. The highest BCUT2D eigenvalue weighted by Crippen LogP contribution is 2.63. The molecule has 1 fully saturated rings. The lowest BCUT2D eigenvalue weighted by molar-refractivity contribution is 0.0828. The van der Waals surface area contributed by atoms with Crippen molar-refractivity contribution in [1.82, 2.24) is 0 Å². The lowest BCUT2D eigenvalue weighted by Crippen LogP contribution is -2.47. The monoisotopic (exact) mass is 244 g/mol. The maximum absolute atomic E-state index is 2.65. The standard InChI is InChI=1S/C18H28/c1-17-12-8-3-4-9-13-18(17,2)16(14-17)15-10-6-5-7-11-15/h10,14H,3-9,11-13H2,1-2H3/t17-,18+/m1/s1. The Labute approximate surface area is 113 Å². The van der Waals surface area contributed by atoms with Gasteiger partial charge < -0.3 is 0 Å². The van der Waals surface area contributed by atoms with Gasteiger partial charge in [0, 0.05) is 5.41 Å². The lowest BCUT2D eigenvalue weighted by atomic mass is 9.47. The van der Waals surface area contributed by atoms with Gasteiger partial charge in [-0.05, 0) is 55.1 Å². The molecule has 0 heterocycles. The quantitative estimate of drug-likeness (QED) is 0.547. The highest BCUT2D eigenvalue weighted by Gasteiger charge is 2.53. The van der Waals surface area contributed by atoms with Crippen LogP contribution >= 0.6 is 0 Å². The Morgan fingerprint density at radius 1 is 0.889 bits per heavy atom. The normalized spacial score (nSPS) is 40.8. The van der Waals surface area contributed by atoms with Crippen LogP contribution in [0.25, 0.3) is 0 Å². The zero-order valence-electron chi connectivity index (χ0n) is 12.2. The van der Waals surface area contributed by atoms with Gasteiger partial charge >= 0.3 is 0 Å². The van der Waals surface area contributed by atoms with E-state index in [1.54, 1.807) is 11.1 Å². The van der Waals surface area contributed by atoms with E-state index in [4.69, 9.17) is 0 Å². The molecule has 0 saturated heterocycles. The molecular weight excluding hydrogens is 216 g/mol. The molecule has 0 heteroatoms. The minimum Gasteiger partial charge on any atom is -0.0810 e. The maximum atomic E-state index is 2.65. The minimum atomic E-state index is 0.497. The third kappa shape index (κ3) is 1.80. The number of allylic oxidation sites excluding steroid dienone is 4. The summed E-state index contributed by atoms with van der Waals surface area (Å²) in [5.41, 5.74) is 4.45. The SMILES string of the molecule is C[C@@]12C=C(C3=CCCCC3)[C@]1(C)CCCCCC2. The predicted molar refractivity (Wildman–Crippen MR) is 78.6 cm³/mol. The molecule has 0 bridgehead atoms. The molecule has 0 aliphatic heterocycles. The molecule has 3 aliphatic carbocycles. The second-order valence-corrected chi connectivity index (χ2v) is 7.20. The lowest BCUT2D eigenvalue weighted by Gasteiger charge is -2.57. The molecule has 1 saturated carbocycles. The topological polar surface area (TPSA) is 0 Å². The van der Waals surface area contributed by atoms with E-state index in [9.17, 15) is 0 Å². The molecule has 0 spiro atoms. The minimum absolute atomic E-state index is 0.497. The molecular formula is C18H28. The van der Waals surface area contributed by atoms with Gasteiger partial charge in [0.2, 0.25) is 0 Å². The van der Waals surface area contributed by atoms with E-state index in [0.717, 1.165) is 0 Å². The van der Waals surface area contributed by atoms with E-state index in [2.05, 4.69) is 26.0 Å². The maximum Gasteiger partial charge on any atom is 0.00128 e. The predicted octanol–water partition coefficient (Wildman–Crippen LogP) is 5.79. The second kappa shape index (κ2) is 4.54. The molecule has 100 valence electrons. The van der Waals surface area contributed by atoms with Crippen LogP contribution in [0, 0.1) is 10.8 Å². The van der Waals surface area contributed by atoms with Gasteiger partial charge in [-0.15, -0.1) is 0 Å². The molecule has 0 unspecified atom stereocenters. The third-order valence-corrected chi connectivity index (χ3v) is 6.08. The summed E-state index contributed by atoms with van der Waals surface area (Å²) in [6.07, 6.45) is 19.3. The summed E-state index contributed by atoms with van der Waals surface area (Å²) < 4.78 is 0. The Hall–Kier alpha value is -0.520. The number of fused-ring (bicyclic) bond motifs is 1. The number of hydrogen-bond acceptors (Lipinski definition) is 0. The number of rotatable bonds is 1. The molecule has 0 amide bonds. The van der Waals surface area contributed by atoms with E-state index in [-0.39, 0.29) is 0 Å². The summed E-state index contributed by atoms with van der Waals surface area (Å²) in [5, 5.41) is 0. The van der Waals surface area contributed by atoms with Crippen LogP contribution in [-0.2, 0) is 0 Å². The summed E-state index contributed by atoms with van der Waals surface area (Å²) in [5.74, 6) is 0. The van der Waals surface area contributed by atoms with Crippen LogP contribution in [0.1, 0.15) is 78.1 Å². The Bertz CT molecular complexity index is 387. The molecule has 0 N–H and O–H groups in total. The largest absolute Gasteiger partial charge is 0.0810 e. The van der Waals surface area contributed by atoms with Crippen molar-refractivity contribution >= 4 is 0 Å². The molecule has 0 nitrogen and oxygen atoms in total. The van der Waals surface area contributed by atoms with E-state index in [1.165, 1.54) is 64.2 Å². The van der Waals surface area contributed by atoms with Gasteiger partial charge in [-0.25, -0.2) is 0 Å². The van der Waals surface area contributed by atoms with Gasteiger partial charge in [-0.2, -0.15) is 0 Å². The van der Waals surface area contributed by atoms with Crippen LogP contribution in [0.2, 0.25) is 0 Å². The fraction of sp³-hybridized carbons (Fsp3) is 0.778. The summed E-state index contributed by atoms with van der Waals surface area (Å²) in [6.45, 7) is 5.08. The van der Waals surface area contributed by atoms with Gasteiger partial charge in [0.05, 0.1) is 0 Å². The van der Waals surface area contributed by atoms with E-state index in [1.807, 2.05) is 0 Å². The molecule has 3 aliphatic rings. The van der Waals surface area contributed by atoms with Crippen LogP contribution in [-0.4, -0.2) is 0 Å². The molecule has 0 aromatic heterocycles. The average Bonchev–Trinajstić information content (AvgIpc) is 2.39. The van der Waals surface area contributed by atoms with Crippen molar-refractivity contribution in [2.75, 3.05) is 0 Å². The van der Waals surface area contributed by atoms with Gasteiger partial charge in [0.25, 0.3) is 0 Å². The Morgan fingerprint density at radius 3 is 2.39 bits per heavy atom. The Balaban J connectivity index is 1.89. The first kappa shape index (κ1) is 12.5. The second-order valence-electron chi connectivity index (χ2n) is 7.20. The molecule has 18 heavy (non-hydrogen) atoms. The molecule has 0 radical (unpaired) electrons. The molecule has 3 rings (SSSR count). The highest BCUT2D eigenvalue weighted by molar-refractivity contribution is 5.48. The van der Waals surface area contributed by atoms with Crippen molar-refractivity contribution in [3.63, 3.8) is 0 Å². The summed E-state index contributed by atoms with van der Waals surface area (Å²) in [7, 11) is 0. The first-order chi connectivity index (χ1) is 8.66. The summed E-state index contributed by atoms with van der Waals surface area (Å²) >= 11 is 0. The van der Waals surface area contributed by atoms with Crippen molar-refractivity contribution in [2.24, 2.45) is 10.8 Å². The summed E-state index contributed by atoms with van der Waals surface area (Å²) in [6, 6.07) is 0. The van der Waals surface area contributed by atoms with Crippen LogP contribution < -0.4 is 0 Å². The Morgan fingerprint density at radius 2 is 1.67 bits per heavy atom. The van der Waals surface area contributed by atoms with Crippen LogP contribution in [0.4, 0.5) is 0 Å². The van der Waals surface area contributed by atoms with Crippen molar-refractivity contribution in [3.05, 3.63) is 23.3 Å². The molecule has 0 aromatic rings.